The van der Waals surface area contributed by atoms with E-state index in [-0.39, 0.29) is 11.6 Å². The molecule has 98 valence electrons. The summed E-state index contributed by atoms with van der Waals surface area (Å²) >= 11 is 0. The smallest absolute Gasteiger partial charge is 0.152 e. The average Bonchev–Trinajstić information content (AvgIpc) is 2.30. The first kappa shape index (κ1) is 14.6. The van der Waals surface area contributed by atoms with Gasteiger partial charge in [0, 0.05) is 0 Å². The molecule has 18 heavy (non-hydrogen) atoms. The zero-order chi connectivity index (χ0) is 13.9. The van der Waals surface area contributed by atoms with Gasteiger partial charge in [-0.05, 0) is 68.0 Å². The molecule has 0 unspecified atom stereocenters. The van der Waals surface area contributed by atoms with Crippen LogP contribution in [0.2, 0.25) is 0 Å². The van der Waals surface area contributed by atoms with Gasteiger partial charge in [-0.25, -0.2) is 4.39 Å². The molecular formula is C16H21FO. The van der Waals surface area contributed by atoms with Crippen molar-refractivity contribution in [3.63, 3.8) is 0 Å². The quantitative estimate of drug-likeness (QED) is 0.716. The van der Waals surface area contributed by atoms with E-state index >= 15 is 0 Å². The lowest BCUT2D eigenvalue weighted by Gasteiger charge is -2.14. The van der Waals surface area contributed by atoms with Crippen LogP contribution < -0.4 is 0 Å². The highest BCUT2D eigenvalue weighted by Gasteiger charge is 2.13. The number of allylic oxidation sites excluding steroid dienone is 2. The SMILES string of the molecule is CCC/C(=C/C(C)=O)c1cc(C)c(C)c(F)c1C. The van der Waals surface area contributed by atoms with E-state index in [1.165, 1.54) is 6.92 Å². The number of ketones is 1. The Balaban J connectivity index is 3.42. The van der Waals surface area contributed by atoms with Crippen LogP contribution in [0.3, 0.4) is 0 Å². The summed E-state index contributed by atoms with van der Waals surface area (Å²) in [5.41, 5.74) is 4.06. The first-order chi connectivity index (χ1) is 8.38. The summed E-state index contributed by atoms with van der Waals surface area (Å²) in [6.07, 6.45) is 3.36. The van der Waals surface area contributed by atoms with Gasteiger partial charge in [0.15, 0.2) is 5.78 Å². The van der Waals surface area contributed by atoms with Gasteiger partial charge in [-0.2, -0.15) is 0 Å². The number of carbonyl (C=O) groups excluding carboxylic acids is 1. The molecule has 0 aliphatic rings. The van der Waals surface area contributed by atoms with Crippen molar-refractivity contribution in [2.75, 3.05) is 0 Å². The topological polar surface area (TPSA) is 17.1 Å². The molecule has 1 aromatic rings. The summed E-state index contributed by atoms with van der Waals surface area (Å²) in [6, 6.07) is 1.98. The Kier molecular flexibility index (Phi) is 4.83. The van der Waals surface area contributed by atoms with Gasteiger partial charge in [0.2, 0.25) is 0 Å². The summed E-state index contributed by atoms with van der Waals surface area (Å²) in [4.78, 5) is 11.3. The predicted molar refractivity (Wildman–Crippen MR) is 74.2 cm³/mol. The fourth-order valence-electron chi connectivity index (χ4n) is 2.14. The summed E-state index contributed by atoms with van der Waals surface area (Å²) in [7, 11) is 0. The Bertz CT molecular complexity index is 498. The Hall–Kier alpha value is -1.44. The normalized spacial score (nSPS) is 11.8. The Morgan fingerprint density at radius 2 is 1.89 bits per heavy atom. The van der Waals surface area contributed by atoms with Gasteiger partial charge in [0.05, 0.1) is 0 Å². The molecule has 0 aromatic heterocycles. The average molecular weight is 248 g/mol. The largest absolute Gasteiger partial charge is 0.295 e. The predicted octanol–water partition coefficient (Wildman–Crippen LogP) is 4.52. The minimum absolute atomic E-state index is 0.0106. The van der Waals surface area contributed by atoms with E-state index in [0.717, 1.165) is 29.5 Å². The van der Waals surface area contributed by atoms with E-state index < -0.39 is 0 Å². The maximum atomic E-state index is 14.1. The van der Waals surface area contributed by atoms with Crippen LogP contribution in [0.4, 0.5) is 4.39 Å². The molecule has 0 N–H and O–H groups in total. The van der Waals surface area contributed by atoms with E-state index in [1.807, 2.05) is 13.0 Å². The van der Waals surface area contributed by atoms with Gasteiger partial charge in [-0.3, -0.25) is 4.79 Å². The molecule has 0 bridgehead atoms. The molecule has 1 nitrogen and oxygen atoms in total. The maximum absolute atomic E-state index is 14.1. The molecule has 0 heterocycles. The van der Waals surface area contributed by atoms with Crippen LogP contribution in [-0.2, 0) is 4.79 Å². The van der Waals surface area contributed by atoms with Crippen LogP contribution in [0.5, 0.6) is 0 Å². The molecule has 0 atom stereocenters. The summed E-state index contributed by atoms with van der Waals surface area (Å²) < 4.78 is 14.1. The van der Waals surface area contributed by atoms with Crippen molar-refractivity contribution >= 4 is 11.4 Å². The molecule has 0 saturated heterocycles. The Morgan fingerprint density at radius 3 is 2.39 bits per heavy atom. The van der Waals surface area contributed by atoms with Crippen LogP contribution in [0.15, 0.2) is 12.1 Å². The number of halogens is 1. The molecule has 0 amide bonds. The van der Waals surface area contributed by atoms with Crippen LogP contribution in [0, 0.1) is 26.6 Å². The highest BCUT2D eigenvalue weighted by molar-refractivity contribution is 5.95. The second-order valence-electron chi connectivity index (χ2n) is 4.84. The first-order valence-electron chi connectivity index (χ1n) is 6.36. The number of hydrogen-bond donors (Lipinski definition) is 0. The number of rotatable bonds is 4. The summed E-state index contributed by atoms with van der Waals surface area (Å²) in [5.74, 6) is -0.146. The number of hydrogen-bond acceptors (Lipinski definition) is 1. The highest BCUT2D eigenvalue weighted by atomic mass is 19.1. The van der Waals surface area contributed by atoms with Crippen LogP contribution in [0.25, 0.3) is 5.57 Å². The molecule has 1 aromatic carbocycles. The van der Waals surface area contributed by atoms with Crippen molar-refractivity contribution in [2.24, 2.45) is 0 Å². The second kappa shape index (κ2) is 5.94. The van der Waals surface area contributed by atoms with Gasteiger partial charge in [0.25, 0.3) is 0 Å². The molecule has 2 heteroatoms. The number of benzene rings is 1. The second-order valence-corrected chi connectivity index (χ2v) is 4.84. The van der Waals surface area contributed by atoms with Gasteiger partial charge in [-0.15, -0.1) is 0 Å². The molecule has 0 aliphatic heterocycles. The van der Waals surface area contributed by atoms with Gasteiger partial charge in [-0.1, -0.05) is 19.4 Å². The van der Waals surface area contributed by atoms with Crippen LogP contribution in [0.1, 0.15) is 48.9 Å². The molecule has 0 aliphatic carbocycles. The summed E-state index contributed by atoms with van der Waals surface area (Å²) in [6.45, 7) is 9.05. The van der Waals surface area contributed by atoms with Crippen molar-refractivity contribution < 1.29 is 9.18 Å². The lowest BCUT2D eigenvalue weighted by atomic mass is 9.92. The molecule has 0 fully saturated rings. The van der Waals surface area contributed by atoms with Crippen molar-refractivity contribution in [2.45, 2.75) is 47.5 Å². The zero-order valence-corrected chi connectivity index (χ0v) is 11.9. The van der Waals surface area contributed by atoms with Gasteiger partial charge < -0.3 is 0 Å². The van der Waals surface area contributed by atoms with E-state index in [4.69, 9.17) is 0 Å². The van der Waals surface area contributed by atoms with E-state index in [0.29, 0.717) is 11.1 Å². The first-order valence-corrected chi connectivity index (χ1v) is 6.36. The lowest BCUT2D eigenvalue weighted by molar-refractivity contribution is -0.112. The lowest BCUT2D eigenvalue weighted by Crippen LogP contribution is -2.00. The molecular weight excluding hydrogens is 227 g/mol. The molecule has 0 saturated carbocycles. The maximum Gasteiger partial charge on any atom is 0.152 e. The van der Waals surface area contributed by atoms with Crippen molar-refractivity contribution in [3.05, 3.63) is 40.2 Å². The minimum atomic E-state index is -0.157. The van der Waals surface area contributed by atoms with Gasteiger partial charge >= 0.3 is 0 Å². The minimum Gasteiger partial charge on any atom is -0.295 e. The molecule has 0 spiro atoms. The monoisotopic (exact) mass is 248 g/mol. The van der Waals surface area contributed by atoms with E-state index in [2.05, 4.69) is 6.92 Å². The third-order valence-electron chi connectivity index (χ3n) is 3.26. The van der Waals surface area contributed by atoms with Crippen molar-refractivity contribution in [1.29, 1.82) is 0 Å². The Labute approximate surface area is 109 Å². The van der Waals surface area contributed by atoms with Crippen LogP contribution >= 0.6 is 0 Å². The standard InChI is InChI=1S/C16H21FO/c1-6-7-14(9-11(3)18)15-8-10(2)12(4)16(17)13(15)5/h8-9H,6-7H2,1-5H3/b14-9-. The number of aryl methyl sites for hydroxylation is 1. The van der Waals surface area contributed by atoms with Crippen molar-refractivity contribution in [3.8, 4) is 0 Å². The third-order valence-corrected chi connectivity index (χ3v) is 3.26. The van der Waals surface area contributed by atoms with E-state index in [1.54, 1.807) is 19.9 Å². The van der Waals surface area contributed by atoms with Crippen LogP contribution in [-0.4, -0.2) is 5.78 Å². The van der Waals surface area contributed by atoms with Crippen molar-refractivity contribution in [1.82, 2.24) is 0 Å². The van der Waals surface area contributed by atoms with E-state index in [9.17, 15) is 9.18 Å². The highest BCUT2D eigenvalue weighted by Crippen LogP contribution is 2.28. The molecule has 1 rings (SSSR count). The number of carbonyl (C=O) groups is 1. The zero-order valence-electron chi connectivity index (χ0n) is 11.9. The Morgan fingerprint density at radius 1 is 1.28 bits per heavy atom. The molecule has 0 radical (unpaired) electrons. The third kappa shape index (κ3) is 3.06. The fraction of sp³-hybridized carbons (Fsp3) is 0.438. The van der Waals surface area contributed by atoms with Gasteiger partial charge in [0.1, 0.15) is 5.82 Å². The summed E-state index contributed by atoms with van der Waals surface area (Å²) in [5, 5.41) is 0. The fourth-order valence-corrected chi connectivity index (χ4v) is 2.14.